The van der Waals surface area contributed by atoms with Crippen molar-refractivity contribution in [1.29, 1.82) is 0 Å². The van der Waals surface area contributed by atoms with Crippen molar-refractivity contribution >= 4 is 22.5 Å². The molecule has 5 heterocycles. The molecule has 2 saturated heterocycles. The van der Waals surface area contributed by atoms with Gasteiger partial charge in [-0.1, -0.05) is 11.3 Å². The Morgan fingerprint density at radius 3 is 2.92 bits per heavy atom. The molecule has 1 aromatic carbocycles. The van der Waals surface area contributed by atoms with E-state index in [1.54, 1.807) is 18.2 Å². The minimum Gasteiger partial charge on any atom is -0.479 e. The van der Waals surface area contributed by atoms with Gasteiger partial charge in [0.2, 0.25) is 11.8 Å². The fraction of sp³-hybridized carbons (Fsp3) is 0.478. The van der Waals surface area contributed by atoms with Gasteiger partial charge in [0.05, 0.1) is 57.6 Å². The molecule has 1 N–H and O–H groups in total. The maximum absolute atomic E-state index is 15.5. The molecule has 2 aliphatic rings. The second kappa shape index (κ2) is 9.21. The van der Waals surface area contributed by atoms with E-state index < -0.39 is 30.9 Å². The Bertz CT molecular complexity index is 1460. The molecule has 0 radical (unpaired) electrons. The van der Waals surface area contributed by atoms with Crippen LogP contribution in [0.4, 0.5) is 19.1 Å². The summed E-state index contributed by atoms with van der Waals surface area (Å²) >= 11 is 0. The van der Waals surface area contributed by atoms with Crippen LogP contribution >= 0.6 is 0 Å². The van der Waals surface area contributed by atoms with E-state index in [0.717, 1.165) is 4.52 Å². The monoisotopic (exact) mass is 503 g/mol. The minimum atomic E-state index is -1.17. The van der Waals surface area contributed by atoms with Crippen molar-refractivity contribution < 1.29 is 24.0 Å². The third-order valence-corrected chi connectivity index (χ3v) is 6.79. The van der Waals surface area contributed by atoms with Crippen LogP contribution < -0.4 is 10.1 Å². The molecule has 0 unspecified atom stereocenters. The second-order valence-electron chi connectivity index (χ2n) is 8.95. The summed E-state index contributed by atoms with van der Waals surface area (Å²) in [6.07, 6.45) is -1.14. The predicted molar refractivity (Wildman–Crippen MR) is 125 cm³/mol. The summed E-state index contributed by atoms with van der Waals surface area (Å²) in [7, 11) is 1.38. The summed E-state index contributed by atoms with van der Waals surface area (Å²) in [4.78, 5) is 6.46. The molecule has 13 heteroatoms. The third kappa shape index (κ3) is 3.91. The zero-order valence-corrected chi connectivity index (χ0v) is 19.5. The Kier molecular flexibility index (Phi) is 5.58. The van der Waals surface area contributed by atoms with Crippen LogP contribution in [-0.2, 0) is 11.3 Å². The zero-order valence-electron chi connectivity index (χ0n) is 20.5. The number of ether oxygens (including phenoxy) is 2. The summed E-state index contributed by atoms with van der Waals surface area (Å²) in [6.45, 7) is 1.59. The standard InChI is InChI=1S/C23H25F3N8O2/c1-35-22-21-20(13-2-3-18-19(8-13)33(7-5-24)31-29-18)16(26)10-34(21)30-23(28-22)27-17-4-6-32(9-15(17)25)14-11-36-12-14/h2-3,8,10,14-15,17H,4-7,9,11-12H2,1H3,(H,27,30)/t15-,17+/m1/s1/i10D. The normalized spacial score (nSPS) is 21.6. The molecule has 2 aliphatic heterocycles. The van der Waals surface area contributed by atoms with Gasteiger partial charge in [-0.3, -0.25) is 4.90 Å². The second-order valence-corrected chi connectivity index (χ2v) is 8.95. The van der Waals surface area contributed by atoms with E-state index in [-0.39, 0.29) is 42.0 Å². The van der Waals surface area contributed by atoms with E-state index in [1.165, 1.54) is 11.8 Å². The predicted octanol–water partition coefficient (Wildman–Crippen LogP) is 2.48. The van der Waals surface area contributed by atoms with Crippen molar-refractivity contribution in [2.75, 3.05) is 45.4 Å². The highest BCUT2D eigenvalue weighted by molar-refractivity contribution is 5.89. The molecule has 190 valence electrons. The van der Waals surface area contributed by atoms with Gasteiger partial charge in [0.1, 0.15) is 23.9 Å². The zero-order chi connectivity index (χ0) is 25.7. The molecule has 0 bridgehead atoms. The Labute approximate surface area is 205 Å². The van der Waals surface area contributed by atoms with Crippen LogP contribution in [0, 0.1) is 5.82 Å². The average molecular weight is 504 g/mol. The van der Waals surface area contributed by atoms with Crippen LogP contribution in [0.5, 0.6) is 5.88 Å². The van der Waals surface area contributed by atoms with Crippen LogP contribution in [0.25, 0.3) is 27.7 Å². The topological polar surface area (TPSA) is 94.6 Å². The molecule has 0 amide bonds. The van der Waals surface area contributed by atoms with Gasteiger partial charge in [-0.2, -0.15) is 4.98 Å². The van der Waals surface area contributed by atoms with Crippen LogP contribution in [0.3, 0.4) is 0 Å². The SMILES string of the molecule is [2H]c1c(F)c(-c2ccc3nnn(CCF)c3c2)c2c(OC)nc(N[C@H]3CCN(C4COC4)C[C@H]3F)nn12. The summed E-state index contributed by atoms with van der Waals surface area (Å²) in [6, 6.07) is 4.62. The summed E-state index contributed by atoms with van der Waals surface area (Å²) in [5.41, 5.74) is 1.66. The van der Waals surface area contributed by atoms with Gasteiger partial charge in [0.15, 0.2) is 5.82 Å². The lowest BCUT2D eigenvalue weighted by Gasteiger charge is -2.42. The molecule has 6 rings (SSSR count). The molecule has 0 saturated carbocycles. The highest BCUT2D eigenvalue weighted by atomic mass is 19.1. The summed E-state index contributed by atoms with van der Waals surface area (Å²) < 4.78 is 64.9. The number of halogens is 3. The molecule has 0 spiro atoms. The number of benzene rings is 1. The number of alkyl halides is 2. The van der Waals surface area contributed by atoms with Gasteiger partial charge in [-0.25, -0.2) is 22.4 Å². The third-order valence-electron chi connectivity index (χ3n) is 6.79. The van der Waals surface area contributed by atoms with E-state index >= 15 is 4.39 Å². The maximum atomic E-state index is 15.5. The van der Waals surface area contributed by atoms with Gasteiger partial charge in [-0.05, 0) is 24.1 Å². The lowest BCUT2D eigenvalue weighted by molar-refractivity contribution is -0.0794. The highest BCUT2D eigenvalue weighted by Gasteiger charge is 2.36. The van der Waals surface area contributed by atoms with E-state index in [9.17, 15) is 8.78 Å². The molecule has 2 atom stereocenters. The molecular formula is C23H25F3N8O2. The number of hydrogen-bond donors (Lipinski definition) is 1. The van der Waals surface area contributed by atoms with Gasteiger partial charge in [0.25, 0.3) is 0 Å². The molecular weight excluding hydrogens is 477 g/mol. The maximum Gasteiger partial charge on any atom is 0.244 e. The molecule has 0 aliphatic carbocycles. The number of aryl methyl sites for hydroxylation is 1. The molecule has 2 fully saturated rings. The number of rotatable bonds is 7. The van der Waals surface area contributed by atoms with E-state index in [2.05, 4.69) is 30.6 Å². The Morgan fingerprint density at radius 1 is 1.33 bits per heavy atom. The number of piperidine rings is 1. The fourth-order valence-electron chi connectivity index (χ4n) is 4.81. The first-order chi connectivity index (χ1) is 18.0. The van der Waals surface area contributed by atoms with Crippen LogP contribution in [0.15, 0.2) is 24.4 Å². The summed E-state index contributed by atoms with van der Waals surface area (Å²) in [5.74, 6) is -0.763. The van der Waals surface area contributed by atoms with Crippen LogP contribution in [0.1, 0.15) is 7.79 Å². The molecule has 36 heavy (non-hydrogen) atoms. The number of anilines is 1. The van der Waals surface area contributed by atoms with Crippen molar-refractivity contribution in [2.24, 2.45) is 0 Å². The van der Waals surface area contributed by atoms with Crippen molar-refractivity contribution in [1.82, 2.24) is 34.5 Å². The Morgan fingerprint density at radius 2 is 2.19 bits per heavy atom. The largest absolute Gasteiger partial charge is 0.479 e. The Hall–Kier alpha value is -3.45. The number of nitrogens with one attached hydrogen (secondary N) is 1. The number of likely N-dealkylation sites (tertiary alicyclic amines) is 1. The first-order valence-electron chi connectivity index (χ1n) is 12.2. The Balaban J connectivity index is 1.35. The number of nitrogens with zero attached hydrogens (tertiary/aromatic N) is 7. The van der Waals surface area contributed by atoms with Gasteiger partial charge in [-0.15, -0.1) is 10.2 Å². The summed E-state index contributed by atoms with van der Waals surface area (Å²) in [5, 5.41) is 15.3. The van der Waals surface area contributed by atoms with Crippen molar-refractivity contribution in [2.45, 2.75) is 31.2 Å². The fourth-order valence-corrected chi connectivity index (χ4v) is 4.81. The van der Waals surface area contributed by atoms with Crippen molar-refractivity contribution in [3.05, 3.63) is 30.2 Å². The van der Waals surface area contributed by atoms with Gasteiger partial charge >= 0.3 is 0 Å². The van der Waals surface area contributed by atoms with Crippen molar-refractivity contribution in [3.8, 4) is 17.0 Å². The average Bonchev–Trinajstić information content (AvgIpc) is 3.37. The quantitative estimate of drug-likeness (QED) is 0.411. The van der Waals surface area contributed by atoms with E-state index in [0.29, 0.717) is 42.8 Å². The van der Waals surface area contributed by atoms with Gasteiger partial charge < -0.3 is 14.8 Å². The number of methoxy groups -OCH3 is 1. The minimum absolute atomic E-state index is 0.00697. The number of hydrogen-bond acceptors (Lipinski definition) is 8. The lowest BCUT2D eigenvalue weighted by Crippen LogP contribution is -2.57. The highest BCUT2D eigenvalue weighted by Crippen LogP contribution is 2.35. The smallest absolute Gasteiger partial charge is 0.244 e. The number of aromatic nitrogens is 6. The van der Waals surface area contributed by atoms with E-state index in [1.807, 2.05) is 0 Å². The molecule has 3 aromatic heterocycles. The van der Waals surface area contributed by atoms with Crippen LogP contribution in [-0.4, -0.2) is 92.8 Å². The van der Waals surface area contributed by atoms with E-state index in [4.69, 9.17) is 10.8 Å². The number of fused-ring (bicyclic) bond motifs is 2. The van der Waals surface area contributed by atoms with Gasteiger partial charge in [0, 0.05) is 13.1 Å². The van der Waals surface area contributed by atoms with Crippen molar-refractivity contribution in [3.63, 3.8) is 0 Å². The molecule has 4 aromatic rings. The molecule has 10 nitrogen and oxygen atoms in total. The van der Waals surface area contributed by atoms with Crippen LogP contribution in [0.2, 0.25) is 0 Å². The first kappa shape index (κ1) is 21.8. The first-order valence-corrected chi connectivity index (χ1v) is 11.7. The lowest BCUT2D eigenvalue weighted by atomic mass is 10.0.